The van der Waals surface area contributed by atoms with Crippen LogP contribution in [-0.2, 0) is 0 Å². The number of hydrogen-bond donors (Lipinski definition) is 0. The zero-order chi connectivity index (χ0) is 52.6. The van der Waals surface area contributed by atoms with Crippen molar-refractivity contribution in [1.82, 2.24) is 0 Å². The van der Waals surface area contributed by atoms with E-state index in [-0.39, 0.29) is 22.9 Å². The second-order valence-corrected chi connectivity index (χ2v) is 19.8. The molecule has 0 N–H and O–H groups in total. The number of nitro groups is 1. The number of ether oxygens (including phenoxy) is 4. The van der Waals surface area contributed by atoms with Crippen molar-refractivity contribution in [1.29, 1.82) is 0 Å². The number of carbonyl (C=O) groups excluding carboxylic acids is 2. The molecule has 10 heteroatoms. The summed E-state index contributed by atoms with van der Waals surface area (Å²) in [5.41, 5.74) is 4.37. The lowest BCUT2D eigenvalue weighted by molar-refractivity contribution is -0.385. The van der Waals surface area contributed by atoms with Gasteiger partial charge >= 0.3 is 17.6 Å². The van der Waals surface area contributed by atoms with Crippen molar-refractivity contribution in [3.63, 3.8) is 0 Å². The van der Waals surface area contributed by atoms with E-state index in [4.69, 9.17) is 30.5 Å². The second-order valence-electron chi connectivity index (χ2n) is 19.4. The summed E-state index contributed by atoms with van der Waals surface area (Å²) in [5.74, 6) is 0.369. The summed E-state index contributed by atoms with van der Waals surface area (Å²) >= 11 is 6.57. The third-order valence-corrected chi connectivity index (χ3v) is 13.6. The van der Waals surface area contributed by atoms with Gasteiger partial charge in [0.1, 0.15) is 17.2 Å². The van der Waals surface area contributed by atoms with Crippen molar-refractivity contribution in [2.24, 2.45) is 0 Å². The summed E-state index contributed by atoms with van der Waals surface area (Å²) in [5, 5.41) is 12.5. The van der Waals surface area contributed by atoms with E-state index < -0.39 is 16.9 Å². The molecule has 0 aliphatic carbocycles. The zero-order valence-electron chi connectivity index (χ0n) is 44.4. The highest BCUT2D eigenvalue weighted by Crippen LogP contribution is 2.32. The first kappa shape index (κ1) is 58.7. The molecule has 5 rings (SSSR count). The van der Waals surface area contributed by atoms with Crippen molar-refractivity contribution in [2.45, 2.75) is 168 Å². The van der Waals surface area contributed by atoms with Gasteiger partial charge in [-0.3, -0.25) is 10.1 Å². The Morgan fingerprint density at radius 1 is 0.459 bits per heavy atom. The fourth-order valence-corrected chi connectivity index (χ4v) is 8.94. The molecule has 0 atom stereocenters. The minimum atomic E-state index is -0.577. The van der Waals surface area contributed by atoms with Gasteiger partial charge < -0.3 is 18.9 Å². The average Bonchev–Trinajstić information content (AvgIpc) is 3.41. The van der Waals surface area contributed by atoms with Gasteiger partial charge in [-0.2, -0.15) is 0 Å². The quantitative estimate of drug-likeness (QED) is 0.00973. The summed E-state index contributed by atoms with van der Waals surface area (Å²) in [4.78, 5) is 38.0. The Bertz CT molecular complexity index is 2510. The SMILES string of the molecule is CCCCCCCCCCCCCCOc1ccc(/C=C/c2ccc(C(=O)Oc3cccc(OC(=O)c4ccc(/C=C/c5ccc(OCCCCCCCCCCCCC)c(Cl)c5)cc4)c3C)cc2)cc1[N+](=O)[O-]. The summed E-state index contributed by atoms with van der Waals surface area (Å²) < 4.78 is 23.3. The summed E-state index contributed by atoms with van der Waals surface area (Å²) in [7, 11) is 0. The lowest BCUT2D eigenvalue weighted by atomic mass is 10.1. The molecule has 74 heavy (non-hydrogen) atoms. The lowest BCUT2D eigenvalue weighted by Gasteiger charge is -2.12. The van der Waals surface area contributed by atoms with Crippen molar-refractivity contribution >= 4 is 53.5 Å². The first-order valence-electron chi connectivity index (χ1n) is 27.6. The highest BCUT2D eigenvalue weighted by molar-refractivity contribution is 6.32. The van der Waals surface area contributed by atoms with Crippen LogP contribution in [-0.4, -0.2) is 30.1 Å². The monoisotopic (exact) mass is 1030 g/mol. The molecule has 9 nitrogen and oxygen atoms in total. The molecule has 0 aromatic heterocycles. The van der Waals surface area contributed by atoms with Crippen molar-refractivity contribution in [3.05, 3.63) is 157 Å². The van der Waals surface area contributed by atoms with Crippen LogP contribution in [0.2, 0.25) is 5.02 Å². The molecule has 0 radical (unpaired) electrons. The first-order chi connectivity index (χ1) is 36.1. The number of nitrogens with zero attached hydrogens (tertiary/aromatic N) is 1. The predicted octanol–water partition coefficient (Wildman–Crippen LogP) is 19.1. The minimum Gasteiger partial charge on any atom is -0.492 e. The molecule has 0 aliphatic heterocycles. The van der Waals surface area contributed by atoms with Crippen molar-refractivity contribution in [2.75, 3.05) is 13.2 Å². The Morgan fingerprint density at radius 2 is 0.811 bits per heavy atom. The fraction of sp³-hybridized carbons (Fsp3) is 0.438. The molecular weight excluding hydrogens is 946 g/mol. The summed E-state index contributed by atoms with van der Waals surface area (Å²) in [6, 6.07) is 29.6. The van der Waals surface area contributed by atoms with Crippen LogP contribution in [0.3, 0.4) is 0 Å². The molecule has 0 unspecified atom stereocenters. The van der Waals surface area contributed by atoms with Gasteiger partial charge in [-0.05, 0) is 96.6 Å². The maximum absolute atomic E-state index is 13.2. The van der Waals surface area contributed by atoms with Gasteiger partial charge in [0.15, 0.2) is 5.75 Å². The number of unbranched alkanes of at least 4 members (excludes halogenated alkanes) is 21. The van der Waals surface area contributed by atoms with Crippen LogP contribution in [0.25, 0.3) is 24.3 Å². The average molecular weight is 1030 g/mol. The van der Waals surface area contributed by atoms with E-state index in [0.717, 1.165) is 42.4 Å². The van der Waals surface area contributed by atoms with Crippen molar-refractivity contribution < 1.29 is 33.5 Å². The molecule has 0 saturated carbocycles. The smallest absolute Gasteiger partial charge is 0.343 e. The Labute approximate surface area is 446 Å². The van der Waals surface area contributed by atoms with Gasteiger partial charge in [0, 0.05) is 11.6 Å². The Morgan fingerprint density at radius 3 is 1.22 bits per heavy atom. The highest BCUT2D eigenvalue weighted by atomic mass is 35.5. The standard InChI is InChI=1S/C64H80ClNO8/c1-4-6-8-10-12-14-16-18-20-22-24-26-47-72-62-45-39-54(49-58(62)66(69)70)33-31-52-36-42-56(43-37-52)64(68)74-60-29-27-28-59(50(60)3)73-63(67)55-40-34-51(35-41-55)30-32-53-38-44-61(57(65)48-53)71-46-25-23-21-19-17-15-13-11-9-7-5-2/h27-45,48-49H,4-26,46-47H2,1-3H3/b32-30+,33-31+. The molecule has 0 aliphatic rings. The number of halogens is 1. The van der Waals surface area contributed by atoms with Gasteiger partial charge in [0.05, 0.1) is 34.3 Å². The number of esters is 2. The largest absolute Gasteiger partial charge is 0.492 e. The maximum atomic E-state index is 13.2. The minimum absolute atomic E-state index is 0.0731. The summed E-state index contributed by atoms with van der Waals surface area (Å²) in [6.07, 6.45) is 36.6. The third-order valence-electron chi connectivity index (χ3n) is 13.3. The van der Waals surface area contributed by atoms with Gasteiger partial charge in [-0.1, -0.05) is 227 Å². The normalized spacial score (nSPS) is 11.4. The van der Waals surface area contributed by atoms with E-state index in [0.29, 0.717) is 46.2 Å². The molecule has 0 fully saturated rings. The Kier molecular flexibility index (Phi) is 27.2. The first-order valence-corrected chi connectivity index (χ1v) is 28.0. The number of benzene rings is 5. The lowest BCUT2D eigenvalue weighted by Crippen LogP contribution is -2.12. The molecule has 0 heterocycles. The fourth-order valence-electron chi connectivity index (χ4n) is 8.69. The van der Waals surface area contributed by atoms with E-state index in [9.17, 15) is 19.7 Å². The van der Waals surface area contributed by atoms with Crippen LogP contribution in [0.4, 0.5) is 5.69 Å². The van der Waals surface area contributed by atoms with E-state index in [1.54, 1.807) is 79.7 Å². The van der Waals surface area contributed by atoms with Crippen molar-refractivity contribution in [3.8, 4) is 23.0 Å². The molecule has 0 spiro atoms. The molecule has 5 aromatic rings. The molecule has 0 amide bonds. The molecule has 0 saturated heterocycles. The number of rotatable bonds is 36. The van der Waals surface area contributed by atoms with Crippen LogP contribution >= 0.6 is 11.6 Å². The van der Waals surface area contributed by atoms with Crippen LogP contribution in [0, 0.1) is 17.0 Å². The predicted molar refractivity (Wildman–Crippen MR) is 305 cm³/mol. The Balaban J connectivity index is 1.02. The molecule has 396 valence electrons. The van der Waals surface area contributed by atoms with E-state index in [1.807, 2.05) is 48.6 Å². The number of nitro benzene ring substituents is 1. The maximum Gasteiger partial charge on any atom is 0.343 e. The zero-order valence-corrected chi connectivity index (χ0v) is 45.1. The third kappa shape index (κ3) is 21.7. The second kappa shape index (κ2) is 34.3. The number of hydrogen-bond acceptors (Lipinski definition) is 8. The molecule has 5 aromatic carbocycles. The van der Waals surface area contributed by atoms with Gasteiger partial charge in [-0.25, -0.2) is 9.59 Å². The van der Waals surface area contributed by atoms with Crippen LogP contribution < -0.4 is 18.9 Å². The van der Waals surface area contributed by atoms with E-state index >= 15 is 0 Å². The Hall–Kier alpha value is -6.19. The van der Waals surface area contributed by atoms with Crippen LogP contribution in [0.1, 0.15) is 210 Å². The highest BCUT2D eigenvalue weighted by Gasteiger charge is 2.18. The van der Waals surface area contributed by atoms with E-state index in [2.05, 4.69) is 13.8 Å². The van der Waals surface area contributed by atoms with Gasteiger partial charge in [-0.15, -0.1) is 0 Å². The summed E-state index contributed by atoms with van der Waals surface area (Å²) in [6.45, 7) is 7.33. The topological polar surface area (TPSA) is 114 Å². The molecular formula is C64H80ClNO8. The molecule has 0 bridgehead atoms. The van der Waals surface area contributed by atoms with Gasteiger partial charge in [0.25, 0.3) is 0 Å². The number of carbonyl (C=O) groups is 2. The van der Waals surface area contributed by atoms with E-state index in [1.165, 1.54) is 128 Å². The van der Waals surface area contributed by atoms with Crippen LogP contribution in [0.15, 0.2) is 103 Å². The van der Waals surface area contributed by atoms with Crippen LogP contribution in [0.5, 0.6) is 23.0 Å². The van der Waals surface area contributed by atoms with Gasteiger partial charge in [0.2, 0.25) is 0 Å².